The molecule has 2 N–H and O–H groups in total. The van der Waals surface area contributed by atoms with Gasteiger partial charge in [-0.05, 0) is 25.5 Å². The first-order chi connectivity index (χ1) is 8.79. The van der Waals surface area contributed by atoms with E-state index in [0.717, 1.165) is 25.1 Å². The zero-order valence-corrected chi connectivity index (χ0v) is 11.5. The van der Waals surface area contributed by atoms with Crippen LogP contribution < -0.4 is 10.1 Å². The van der Waals surface area contributed by atoms with E-state index < -0.39 is 0 Å². The maximum Gasteiger partial charge on any atom is 0.213 e. The zero-order chi connectivity index (χ0) is 13.4. The molecule has 2 rings (SSSR count). The molecule has 2 heterocycles. The first-order valence-electron chi connectivity index (χ1n) is 6.79. The highest BCUT2D eigenvalue weighted by molar-refractivity contribution is 5.15. The molecule has 0 bridgehead atoms. The van der Waals surface area contributed by atoms with Crippen molar-refractivity contribution in [2.45, 2.75) is 45.8 Å². The molecule has 4 heteroatoms. The summed E-state index contributed by atoms with van der Waals surface area (Å²) in [5.74, 6) is 0.639. The van der Waals surface area contributed by atoms with Crippen molar-refractivity contribution in [2.75, 3.05) is 13.2 Å². The predicted molar refractivity (Wildman–Crippen MR) is 72.9 cm³/mol. The van der Waals surface area contributed by atoms with Crippen LogP contribution in [0, 0.1) is 0 Å². The third kappa shape index (κ3) is 4.27. The van der Waals surface area contributed by atoms with Crippen molar-refractivity contribution in [3.05, 3.63) is 23.9 Å². The zero-order valence-electron chi connectivity index (χ0n) is 11.5. The number of aromatic nitrogens is 1. The molecule has 0 radical (unpaired) electrons. The Kier molecular flexibility index (Phi) is 6.68. The Morgan fingerprint density at radius 3 is 2.83 bits per heavy atom. The summed E-state index contributed by atoms with van der Waals surface area (Å²) in [5, 5.41) is 12.8. The molecule has 2 unspecified atom stereocenters. The Morgan fingerprint density at radius 2 is 2.22 bits per heavy atom. The molecule has 1 aromatic rings. The van der Waals surface area contributed by atoms with Gasteiger partial charge >= 0.3 is 0 Å². The van der Waals surface area contributed by atoms with Crippen molar-refractivity contribution in [2.24, 2.45) is 0 Å². The predicted octanol–water partition coefficient (Wildman–Crippen LogP) is 1.77. The highest BCUT2D eigenvalue weighted by atomic mass is 16.5. The third-order valence-electron chi connectivity index (χ3n) is 2.87. The third-order valence-corrected chi connectivity index (χ3v) is 2.87. The lowest BCUT2D eigenvalue weighted by atomic mass is 10.2. The number of pyridine rings is 1. The van der Waals surface area contributed by atoms with Crippen LogP contribution in [0.25, 0.3) is 0 Å². The number of hydrogen-bond acceptors (Lipinski definition) is 4. The summed E-state index contributed by atoms with van der Waals surface area (Å²) >= 11 is 0. The van der Waals surface area contributed by atoms with Crippen LogP contribution in [0.3, 0.4) is 0 Å². The maximum absolute atomic E-state index is 9.60. The monoisotopic (exact) mass is 252 g/mol. The van der Waals surface area contributed by atoms with Crippen LogP contribution in [0.4, 0.5) is 0 Å². The van der Waals surface area contributed by atoms with Gasteiger partial charge in [0, 0.05) is 11.8 Å². The number of nitrogens with one attached hydrogen (secondary N) is 1. The maximum atomic E-state index is 9.60. The first-order valence-corrected chi connectivity index (χ1v) is 6.79. The van der Waals surface area contributed by atoms with Gasteiger partial charge in [0.25, 0.3) is 0 Å². The molecule has 1 aromatic heterocycles. The number of ether oxygens (including phenoxy) is 1. The second-order valence-electron chi connectivity index (χ2n) is 4.05. The van der Waals surface area contributed by atoms with Crippen molar-refractivity contribution in [1.29, 1.82) is 0 Å². The van der Waals surface area contributed by atoms with Crippen molar-refractivity contribution < 1.29 is 9.84 Å². The average Bonchev–Trinajstić information content (AvgIpc) is 2.84. The molecular formula is C14H24N2O2. The smallest absolute Gasteiger partial charge is 0.213 e. The van der Waals surface area contributed by atoms with Crippen molar-refractivity contribution >= 4 is 0 Å². The van der Waals surface area contributed by atoms with E-state index in [2.05, 4.69) is 17.2 Å². The molecule has 1 saturated heterocycles. The van der Waals surface area contributed by atoms with E-state index in [1.807, 2.05) is 32.0 Å². The fraction of sp³-hybridized carbons (Fsp3) is 0.643. The van der Waals surface area contributed by atoms with Crippen LogP contribution in [-0.4, -0.2) is 35.4 Å². The second kappa shape index (κ2) is 8.06. The molecular weight excluding hydrogens is 228 g/mol. The first kappa shape index (κ1) is 14.9. The molecule has 102 valence electrons. The number of hydrogen-bond donors (Lipinski definition) is 2. The highest BCUT2D eigenvalue weighted by Gasteiger charge is 2.25. The summed E-state index contributed by atoms with van der Waals surface area (Å²) in [5.41, 5.74) is 1.03. The largest absolute Gasteiger partial charge is 0.476 e. The number of rotatable bonds is 4. The van der Waals surface area contributed by atoms with Gasteiger partial charge in [0.2, 0.25) is 5.88 Å². The molecule has 2 atom stereocenters. The number of aliphatic hydroxyl groups excluding tert-OH is 1. The lowest BCUT2D eigenvalue weighted by Crippen LogP contribution is -2.36. The quantitative estimate of drug-likeness (QED) is 0.857. The second-order valence-corrected chi connectivity index (χ2v) is 4.05. The van der Waals surface area contributed by atoms with Gasteiger partial charge in [0.05, 0.1) is 12.1 Å². The SMILES string of the molecule is CC.CCc1cccc(OCC2NCCC2O)n1. The van der Waals surface area contributed by atoms with E-state index in [1.165, 1.54) is 0 Å². The topological polar surface area (TPSA) is 54.4 Å². The molecule has 0 amide bonds. The van der Waals surface area contributed by atoms with Crippen LogP contribution in [0.5, 0.6) is 5.88 Å². The summed E-state index contributed by atoms with van der Waals surface area (Å²) in [7, 11) is 0. The summed E-state index contributed by atoms with van der Waals surface area (Å²) in [6.07, 6.45) is 1.41. The van der Waals surface area contributed by atoms with E-state index in [4.69, 9.17) is 4.74 Å². The number of aryl methyl sites for hydroxylation is 1. The summed E-state index contributed by atoms with van der Waals surface area (Å²) in [6.45, 7) is 7.40. The van der Waals surface area contributed by atoms with Crippen LogP contribution in [0.2, 0.25) is 0 Å². The molecule has 0 aromatic carbocycles. The number of nitrogens with zero attached hydrogens (tertiary/aromatic N) is 1. The Hall–Kier alpha value is -1.13. The molecule has 1 aliphatic rings. The van der Waals surface area contributed by atoms with Gasteiger partial charge in [-0.3, -0.25) is 0 Å². The van der Waals surface area contributed by atoms with Gasteiger partial charge in [0.15, 0.2) is 0 Å². The Morgan fingerprint density at radius 1 is 1.44 bits per heavy atom. The van der Waals surface area contributed by atoms with Crippen LogP contribution in [-0.2, 0) is 6.42 Å². The molecule has 1 aliphatic heterocycles. The van der Waals surface area contributed by atoms with Crippen LogP contribution >= 0.6 is 0 Å². The Labute approximate surface area is 109 Å². The minimum Gasteiger partial charge on any atom is -0.476 e. The van der Waals surface area contributed by atoms with Crippen LogP contribution in [0.1, 0.15) is 32.9 Å². The molecule has 0 saturated carbocycles. The van der Waals surface area contributed by atoms with Gasteiger partial charge in [-0.25, -0.2) is 4.98 Å². The van der Waals surface area contributed by atoms with E-state index in [0.29, 0.717) is 12.5 Å². The lowest BCUT2D eigenvalue weighted by molar-refractivity contribution is 0.126. The highest BCUT2D eigenvalue weighted by Crippen LogP contribution is 2.11. The van der Waals surface area contributed by atoms with E-state index in [1.54, 1.807) is 0 Å². The Balaban J connectivity index is 0.000000771. The van der Waals surface area contributed by atoms with E-state index in [-0.39, 0.29) is 12.1 Å². The summed E-state index contributed by atoms with van der Waals surface area (Å²) in [6, 6.07) is 5.81. The fourth-order valence-electron chi connectivity index (χ4n) is 1.83. The average molecular weight is 252 g/mol. The lowest BCUT2D eigenvalue weighted by Gasteiger charge is -2.15. The van der Waals surface area contributed by atoms with Gasteiger partial charge in [-0.2, -0.15) is 0 Å². The Bertz CT molecular complexity index is 344. The minimum atomic E-state index is -0.297. The van der Waals surface area contributed by atoms with Crippen molar-refractivity contribution in [1.82, 2.24) is 10.3 Å². The van der Waals surface area contributed by atoms with Gasteiger partial charge < -0.3 is 15.2 Å². The van der Waals surface area contributed by atoms with E-state index >= 15 is 0 Å². The number of aliphatic hydroxyl groups is 1. The standard InChI is InChI=1S/C12H18N2O2.C2H6/c1-2-9-4-3-5-12(14-9)16-8-10-11(15)6-7-13-10;1-2/h3-5,10-11,13,15H,2,6-8H2,1H3;1-2H3. The van der Waals surface area contributed by atoms with E-state index in [9.17, 15) is 5.11 Å². The van der Waals surface area contributed by atoms with Crippen LogP contribution in [0.15, 0.2) is 18.2 Å². The normalized spacial score (nSPS) is 22.2. The van der Waals surface area contributed by atoms with Gasteiger partial charge in [-0.15, -0.1) is 0 Å². The molecule has 0 aliphatic carbocycles. The van der Waals surface area contributed by atoms with Gasteiger partial charge in [-0.1, -0.05) is 26.8 Å². The molecule has 18 heavy (non-hydrogen) atoms. The van der Waals surface area contributed by atoms with Crippen molar-refractivity contribution in [3.63, 3.8) is 0 Å². The van der Waals surface area contributed by atoms with Gasteiger partial charge in [0.1, 0.15) is 6.61 Å². The summed E-state index contributed by atoms with van der Waals surface area (Å²) in [4.78, 5) is 4.35. The summed E-state index contributed by atoms with van der Waals surface area (Å²) < 4.78 is 5.57. The molecule has 4 nitrogen and oxygen atoms in total. The molecule has 0 spiro atoms. The van der Waals surface area contributed by atoms with Crippen molar-refractivity contribution in [3.8, 4) is 5.88 Å². The fourth-order valence-corrected chi connectivity index (χ4v) is 1.83. The molecule has 1 fully saturated rings. The minimum absolute atomic E-state index is 0.0343.